The minimum absolute atomic E-state index is 0.0491. The summed E-state index contributed by atoms with van der Waals surface area (Å²) in [5, 5.41) is 3.33. The quantitative estimate of drug-likeness (QED) is 0.869. The first-order chi connectivity index (χ1) is 6.61. The van der Waals surface area contributed by atoms with E-state index in [1.54, 1.807) is 0 Å². The number of nitrogens with two attached hydrogens (primary N) is 1. The number of rotatable bonds is 4. The van der Waals surface area contributed by atoms with Gasteiger partial charge in [0, 0.05) is 23.1 Å². The van der Waals surface area contributed by atoms with Gasteiger partial charge in [-0.05, 0) is 11.6 Å². The van der Waals surface area contributed by atoms with Crippen LogP contribution in [0.5, 0.6) is 0 Å². The summed E-state index contributed by atoms with van der Waals surface area (Å²) in [6.45, 7) is 5.04. The van der Waals surface area contributed by atoms with Crippen molar-refractivity contribution in [1.29, 1.82) is 0 Å². The van der Waals surface area contributed by atoms with Crippen molar-refractivity contribution in [2.45, 2.75) is 25.9 Å². The Morgan fingerprint density at radius 1 is 1.36 bits per heavy atom. The second kappa shape index (κ2) is 5.49. The van der Waals surface area contributed by atoms with Gasteiger partial charge in [0.1, 0.15) is 0 Å². The summed E-state index contributed by atoms with van der Waals surface area (Å²) in [4.78, 5) is 0. The molecule has 1 aromatic carbocycles. The lowest BCUT2D eigenvalue weighted by molar-refractivity contribution is 0.537. The molecule has 0 aliphatic carbocycles. The van der Waals surface area contributed by atoms with Crippen LogP contribution >= 0.6 is 15.9 Å². The smallest absolute Gasteiger partial charge is 0.0433 e. The summed E-state index contributed by atoms with van der Waals surface area (Å²) >= 11 is 3.50. The van der Waals surface area contributed by atoms with Crippen molar-refractivity contribution in [3.05, 3.63) is 34.3 Å². The van der Waals surface area contributed by atoms with Crippen LogP contribution in [0.3, 0.4) is 0 Å². The van der Waals surface area contributed by atoms with E-state index in [4.69, 9.17) is 5.73 Å². The first-order valence-corrected chi connectivity index (χ1v) is 5.64. The molecule has 2 nitrogen and oxygen atoms in total. The standard InChI is InChI=1S/C11H17BrN2/c1-8(2)14-7-11(13)9-5-3-4-6-10(9)12/h3-6,8,11,14H,7,13H2,1-2H3. The largest absolute Gasteiger partial charge is 0.323 e. The summed E-state index contributed by atoms with van der Waals surface area (Å²) < 4.78 is 1.08. The average molecular weight is 257 g/mol. The van der Waals surface area contributed by atoms with E-state index < -0.39 is 0 Å². The zero-order chi connectivity index (χ0) is 10.6. The zero-order valence-electron chi connectivity index (χ0n) is 8.63. The lowest BCUT2D eigenvalue weighted by Crippen LogP contribution is -2.31. The van der Waals surface area contributed by atoms with Gasteiger partial charge in [0.15, 0.2) is 0 Å². The first-order valence-electron chi connectivity index (χ1n) is 4.84. The highest BCUT2D eigenvalue weighted by molar-refractivity contribution is 9.10. The molecule has 3 N–H and O–H groups in total. The molecule has 3 heteroatoms. The third-order valence-electron chi connectivity index (χ3n) is 2.05. The van der Waals surface area contributed by atoms with Gasteiger partial charge < -0.3 is 11.1 Å². The van der Waals surface area contributed by atoms with Gasteiger partial charge in [-0.1, -0.05) is 48.0 Å². The van der Waals surface area contributed by atoms with E-state index in [9.17, 15) is 0 Å². The molecule has 1 unspecified atom stereocenters. The lowest BCUT2D eigenvalue weighted by atomic mass is 10.1. The molecule has 0 saturated carbocycles. The molecule has 0 amide bonds. The van der Waals surface area contributed by atoms with Gasteiger partial charge in [0.25, 0.3) is 0 Å². The third kappa shape index (κ3) is 3.40. The minimum atomic E-state index is 0.0491. The highest BCUT2D eigenvalue weighted by Crippen LogP contribution is 2.20. The fraction of sp³-hybridized carbons (Fsp3) is 0.455. The van der Waals surface area contributed by atoms with Crippen LogP contribution < -0.4 is 11.1 Å². The maximum absolute atomic E-state index is 6.05. The topological polar surface area (TPSA) is 38.0 Å². The molecule has 14 heavy (non-hydrogen) atoms. The monoisotopic (exact) mass is 256 g/mol. The normalized spacial score (nSPS) is 13.2. The molecule has 0 saturated heterocycles. The second-order valence-electron chi connectivity index (χ2n) is 3.69. The molecule has 0 aliphatic rings. The summed E-state index contributed by atoms with van der Waals surface area (Å²) in [5.74, 6) is 0. The van der Waals surface area contributed by atoms with Gasteiger partial charge in [-0.2, -0.15) is 0 Å². The zero-order valence-corrected chi connectivity index (χ0v) is 10.2. The highest BCUT2D eigenvalue weighted by atomic mass is 79.9. The fourth-order valence-corrected chi connectivity index (χ4v) is 1.83. The molecule has 0 fully saturated rings. The van der Waals surface area contributed by atoms with Crippen LogP contribution in [-0.2, 0) is 0 Å². The van der Waals surface area contributed by atoms with Crippen LogP contribution in [-0.4, -0.2) is 12.6 Å². The predicted octanol–water partition coefficient (Wildman–Crippen LogP) is 2.45. The summed E-state index contributed by atoms with van der Waals surface area (Å²) in [7, 11) is 0. The predicted molar refractivity (Wildman–Crippen MR) is 64.2 cm³/mol. The lowest BCUT2D eigenvalue weighted by Gasteiger charge is -2.16. The van der Waals surface area contributed by atoms with Crippen LogP contribution in [0.2, 0.25) is 0 Å². The Bertz CT molecular complexity index is 286. The second-order valence-corrected chi connectivity index (χ2v) is 4.55. The van der Waals surface area contributed by atoms with E-state index >= 15 is 0 Å². The van der Waals surface area contributed by atoms with Crippen LogP contribution in [0, 0.1) is 0 Å². The molecule has 0 aliphatic heterocycles. The fourth-order valence-electron chi connectivity index (χ4n) is 1.25. The minimum Gasteiger partial charge on any atom is -0.323 e. The van der Waals surface area contributed by atoms with Gasteiger partial charge in [-0.25, -0.2) is 0 Å². The maximum atomic E-state index is 6.05. The van der Waals surface area contributed by atoms with Crippen LogP contribution in [0.15, 0.2) is 28.7 Å². The summed E-state index contributed by atoms with van der Waals surface area (Å²) in [5.41, 5.74) is 7.20. The van der Waals surface area contributed by atoms with Crippen molar-refractivity contribution in [3.8, 4) is 0 Å². The van der Waals surface area contributed by atoms with Gasteiger partial charge >= 0.3 is 0 Å². The summed E-state index contributed by atoms with van der Waals surface area (Å²) in [6.07, 6.45) is 0. The van der Waals surface area contributed by atoms with Crippen LogP contribution in [0.1, 0.15) is 25.5 Å². The van der Waals surface area contributed by atoms with Crippen LogP contribution in [0.4, 0.5) is 0 Å². The Morgan fingerprint density at radius 3 is 2.57 bits per heavy atom. The third-order valence-corrected chi connectivity index (χ3v) is 2.77. The van der Waals surface area contributed by atoms with E-state index in [0.29, 0.717) is 6.04 Å². The van der Waals surface area contributed by atoms with E-state index in [1.165, 1.54) is 0 Å². The molecule has 1 rings (SSSR count). The Kier molecular flexibility index (Phi) is 4.58. The van der Waals surface area contributed by atoms with Crippen molar-refractivity contribution in [3.63, 3.8) is 0 Å². The molecular weight excluding hydrogens is 240 g/mol. The Balaban J connectivity index is 2.60. The van der Waals surface area contributed by atoms with E-state index in [0.717, 1.165) is 16.6 Å². The number of nitrogens with one attached hydrogen (secondary N) is 1. The number of benzene rings is 1. The number of halogens is 1. The van der Waals surface area contributed by atoms with Crippen LogP contribution in [0.25, 0.3) is 0 Å². The molecular formula is C11H17BrN2. The molecule has 0 heterocycles. The van der Waals surface area contributed by atoms with Crippen molar-refractivity contribution in [1.82, 2.24) is 5.32 Å². The van der Waals surface area contributed by atoms with Crippen molar-refractivity contribution in [2.75, 3.05) is 6.54 Å². The highest BCUT2D eigenvalue weighted by Gasteiger charge is 2.08. The molecule has 78 valence electrons. The van der Waals surface area contributed by atoms with Crippen molar-refractivity contribution in [2.24, 2.45) is 5.73 Å². The van der Waals surface area contributed by atoms with E-state index in [2.05, 4.69) is 41.2 Å². The van der Waals surface area contributed by atoms with Gasteiger partial charge in [-0.3, -0.25) is 0 Å². The average Bonchev–Trinajstić information content (AvgIpc) is 2.15. The number of hydrogen-bond donors (Lipinski definition) is 2. The molecule has 0 spiro atoms. The maximum Gasteiger partial charge on any atom is 0.0433 e. The molecule has 0 aromatic heterocycles. The van der Waals surface area contributed by atoms with Gasteiger partial charge in [-0.15, -0.1) is 0 Å². The molecule has 0 radical (unpaired) electrons. The summed E-state index contributed by atoms with van der Waals surface area (Å²) in [6, 6.07) is 8.60. The van der Waals surface area contributed by atoms with Crippen molar-refractivity contribution >= 4 is 15.9 Å². The Morgan fingerprint density at radius 2 is 2.00 bits per heavy atom. The number of hydrogen-bond acceptors (Lipinski definition) is 2. The van der Waals surface area contributed by atoms with E-state index in [1.807, 2.05) is 18.2 Å². The van der Waals surface area contributed by atoms with Crippen molar-refractivity contribution < 1.29 is 0 Å². The van der Waals surface area contributed by atoms with Gasteiger partial charge in [0.2, 0.25) is 0 Å². The Labute approximate surface area is 94.0 Å². The molecule has 1 atom stereocenters. The SMILES string of the molecule is CC(C)NCC(N)c1ccccc1Br. The van der Waals surface area contributed by atoms with Gasteiger partial charge in [0.05, 0.1) is 0 Å². The molecule has 1 aromatic rings. The van der Waals surface area contributed by atoms with E-state index in [-0.39, 0.29) is 6.04 Å². The first kappa shape index (κ1) is 11.7. The molecule has 0 bridgehead atoms. The Hall–Kier alpha value is -0.380.